The van der Waals surface area contributed by atoms with Gasteiger partial charge in [0.15, 0.2) is 0 Å². The first-order chi connectivity index (χ1) is 10.8. The van der Waals surface area contributed by atoms with Crippen molar-refractivity contribution in [1.29, 1.82) is 0 Å². The van der Waals surface area contributed by atoms with Crippen LogP contribution in [0.5, 0.6) is 11.5 Å². The molecule has 5 atom stereocenters. The molecule has 0 unspecified atom stereocenters. The lowest BCUT2D eigenvalue weighted by Gasteiger charge is -2.39. The van der Waals surface area contributed by atoms with Crippen LogP contribution in [0, 0.1) is 0 Å². The van der Waals surface area contributed by atoms with E-state index in [2.05, 4.69) is 0 Å². The molecule has 5 N–H and O–H groups in total. The van der Waals surface area contributed by atoms with E-state index in [0.717, 1.165) is 6.07 Å². The molecule has 1 aliphatic heterocycles. The Kier molecular flexibility index (Phi) is 3.77. The molecule has 0 bridgehead atoms. The summed E-state index contributed by atoms with van der Waals surface area (Å²) in [5.74, 6) is -0.808. The number of rotatable bonds is 1. The summed E-state index contributed by atoms with van der Waals surface area (Å²) in [7, 11) is 0. The maximum atomic E-state index is 11.4. The summed E-state index contributed by atoms with van der Waals surface area (Å²) >= 11 is 0. The zero-order chi connectivity index (χ0) is 16.9. The zero-order valence-corrected chi connectivity index (χ0v) is 12.1. The molecule has 1 fully saturated rings. The first-order valence-electron chi connectivity index (χ1n) is 6.99. The van der Waals surface area contributed by atoms with Gasteiger partial charge in [0.25, 0.3) is 0 Å². The number of phenolic OH excluding ortho intramolecular Hbond substituents is 1. The molecule has 3 rings (SSSR count). The lowest BCUT2D eigenvalue weighted by atomic mass is 9.91. The smallest absolute Gasteiger partial charge is 0.339 e. The van der Waals surface area contributed by atoms with Gasteiger partial charge in [-0.15, -0.1) is 0 Å². The number of fused-ring (bicyclic) bond motifs is 1. The van der Waals surface area contributed by atoms with Gasteiger partial charge in [-0.3, -0.25) is 0 Å². The van der Waals surface area contributed by atoms with Crippen molar-refractivity contribution in [2.75, 3.05) is 0 Å². The molecular formula is C15H16O8. The van der Waals surface area contributed by atoms with Crippen LogP contribution in [0.25, 0.3) is 11.0 Å². The van der Waals surface area contributed by atoms with E-state index < -0.39 is 41.9 Å². The van der Waals surface area contributed by atoms with Crippen molar-refractivity contribution in [2.45, 2.75) is 37.4 Å². The Morgan fingerprint density at radius 2 is 1.61 bits per heavy atom. The van der Waals surface area contributed by atoms with Crippen molar-refractivity contribution >= 4 is 11.0 Å². The third-order valence-corrected chi connectivity index (χ3v) is 4.01. The highest BCUT2D eigenvalue weighted by Crippen LogP contribution is 2.38. The van der Waals surface area contributed by atoms with E-state index in [4.69, 9.17) is 9.15 Å². The number of benzene rings is 1. The molecule has 0 amide bonds. The molecule has 124 valence electrons. The fraction of sp³-hybridized carbons (Fsp3) is 0.400. The first kappa shape index (κ1) is 15.8. The summed E-state index contributed by atoms with van der Waals surface area (Å²) in [5.41, 5.74) is -0.663. The molecule has 23 heavy (non-hydrogen) atoms. The largest absolute Gasteiger partial charge is 0.507 e. The van der Waals surface area contributed by atoms with Gasteiger partial charge in [0.2, 0.25) is 0 Å². The highest BCUT2D eigenvalue weighted by Gasteiger charge is 2.42. The fourth-order valence-corrected chi connectivity index (χ4v) is 2.77. The quantitative estimate of drug-likeness (QED) is 0.452. The van der Waals surface area contributed by atoms with Crippen LogP contribution >= 0.6 is 0 Å². The molecule has 1 aromatic heterocycles. The molecular weight excluding hydrogens is 308 g/mol. The summed E-state index contributed by atoms with van der Waals surface area (Å²) in [6.07, 6.45) is -5.93. The van der Waals surface area contributed by atoms with Crippen molar-refractivity contribution in [3.05, 3.63) is 34.2 Å². The van der Waals surface area contributed by atoms with Crippen LogP contribution in [0.4, 0.5) is 0 Å². The maximum absolute atomic E-state index is 11.4. The van der Waals surface area contributed by atoms with Crippen molar-refractivity contribution < 1.29 is 34.7 Å². The number of aliphatic hydroxyl groups excluding tert-OH is 3. The second-order valence-electron chi connectivity index (χ2n) is 5.60. The molecule has 0 saturated carbocycles. The minimum atomic E-state index is -1.44. The number of hydrogen-bond acceptors (Lipinski definition) is 8. The van der Waals surface area contributed by atoms with Gasteiger partial charge in [0.05, 0.1) is 12.2 Å². The average Bonchev–Trinajstić information content (AvgIpc) is 2.47. The van der Waals surface area contributed by atoms with Gasteiger partial charge >= 0.3 is 5.63 Å². The van der Waals surface area contributed by atoms with E-state index in [0.29, 0.717) is 0 Å². The van der Waals surface area contributed by atoms with Crippen LogP contribution in [0.1, 0.15) is 18.6 Å². The SMILES string of the molecule is C[C@@H]1O[C@@H](c2cc(O)c3c(O)cc(=O)oc3c2)[C@H](O)[C@H](O)[C@H]1O. The molecule has 1 saturated heterocycles. The van der Waals surface area contributed by atoms with Gasteiger partial charge in [-0.1, -0.05) is 0 Å². The van der Waals surface area contributed by atoms with Gasteiger partial charge in [0, 0.05) is 0 Å². The number of phenols is 1. The van der Waals surface area contributed by atoms with Gasteiger partial charge in [-0.05, 0) is 24.6 Å². The van der Waals surface area contributed by atoms with Crippen LogP contribution in [-0.4, -0.2) is 49.9 Å². The topological polar surface area (TPSA) is 141 Å². The monoisotopic (exact) mass is 324 g/mol. The fourth-order valence-electron chi connectivity index (χ4n) is 2.77. The summed E-state index contributed by atoms with van der Waals surface area (Å²) in [6, 6.07) is 3.38. The third-order valence-electron chi connectivity index (χ3n) is 4.01. The lowest BCUT2D eigenvalue weighted by Crippen LogP contribution is -2.53. The van der Waals surface area contributed by atoms with E-state index in [1.165, 1.54) is 19.1 Å². The molecule has 0 spiro atoms. The van der Waals surface area contributed by atoms with Gasteiger partial charge in [0.1, 0.15) is 46.9 Å². The maximum Gasteiger partial charge on any atom is 0.339 e. The minimum absolute atomic E-state index is 0.0488. The second-order valence-corrected chi connectivity index (χ2v) is 5.60. The molecule has 0 radical (unpaired) electrons. The summed E-state index contributed by atoms with van der Waals surface area (Å²) < 4.78 is 10.4. The predicted octanol–water partition coefficient (Wildman–Crippen LogP) is -0.253. The Labute approximate surface area is 129 Å². The number of hydrogen-bond donors (Lipinski definition) is 5. The molecule has 8 heteroatoms. The van der Waals surface area contributed by atoms with Crippen molar-refractivity contribution in [3.8, 4) is 11.5 Å². The molecule has 2 heterocycles. The second kappa shape index (κ2) is 5.50. The summed E-state index contributed by atoms with van der Waals surface area (Å²) in [5, 5.41) is 49.4. The average molecular weight is 324 g/mol. The molecule has 0 aliphatic carbocycles. The zero-order valence-electron chi connectivity index (χ0n) is 12.1. The minimum Gasteiger partial charge on any atom is -0.507 e. The standard InChI is InChI=1S/C15H16O8/c1-5-12(19)13(20)14(21)15(22-5)6-2-7(16)11-8(17)4-10(18)23-9(11)3-6/h2-5,12-17,19-21H,1H3/t5-,12-,13+,14+,15-/m0/s1. The Hall–Kier alpha value is -2.13. The third kappa shape index (κ3) is 2.55. The van der Waals surface area contributed by atoms with Crippen LogP contribution in [0.3, 0.4) is 0 Å². The van der Waals surface area contributed by atoms with E-state index in [9.17, 15) is 30.3 Å². The van der Waals surface area contributed by atoms with E-state index in [1.807, 2.05) is 0 Å². The van der Waals surface area contributed by atoms with Crippen molar-refractivity contribution in [2.24, 2.45) is 0 Å². The lowest BCUT2D eigenvalue weighted by molar-refractivity contribution is -0.219. The molecule has 1 aromatic carbocycles. The first-order valence-corrected chi connectivity index (χ1v) is 6.99. The van der Waals surface area contributed by atoms with Gasteiger partial charge < -0.3 is 34.7 Å². The molecule has 8 nitrogen and oxygen atoms in total. The summed E-state index contributed by atoms with van der Waals surface area (Å²) in [4.78, 5) is 11.4. The van der Waals surface area contributed by atoms with E-state index in [-0.39, 0.29) is 22.3 Å². The molecule has 1 aliphatic rings. The Morgan fingerprint density at radius 1 is 0.957 bits per heavy atom. The van der Waals surface area contributed by atoms with Crippen LogP contribution < -0.4 is 5.63 Å². The number of aliphatic hydroxyl groups is 3. The highest BCUT2D eigenvalue weighted by atomic mass is 16.5. The van der Waals surface area contributed by atoms with Crippen molar-refractivity contribution in [3.63, 3.8) is 0 Å². The van der Waals surface area contributed by atoms with Gasteiger partial charge in [-0.2, -0.15) is 0 Å². The Morgan fingerprint density at radius 3 is 2.30 bits per heavy atom. The highest BCUT2D eigenvalue weighted by molar-refractivity contribution is 5.89. The Bertz CT molecular complexity index is 798. The van der Waals surface area contributed by atoms with E-state index in [1.54, 1.807) is 0 Å². The number of aromatic hydroxyl groups is 2. The Balaban J connectivity index is 2.12. The van der Waals surface area contributed by atoms with Crippen LogP contribution in [0.15, 0.2) is 27.4 Å². The number of ether oxygens (including phenoxy) is 1. The van der Waals surface area contributed by atoms with Crippen LogP contribution in [0.2, 0.25) is 0 Å². The van der Waals surface area contributed by atoms with E-state index >= 15 is 0 Å². The normalized spacial score (nSPS) is 31.4. The van der Waals surface area contributed by atoms with Crippen molar-refractivity contribution in [1.82, 2.24) is 0 Å². The van der Waals surface area contributed by atoms with Gasteiger partial charge in [-0.25, -0.2) is 4.79 Å². The predicted molar refractivity (Wildman–Crippen MR) is 77.1 cm³/mol. The summed E-state index contributed by atoms with van der Waals surface area (Å²) in [6.45, 7) is 1.53. The van der Waals surface area contributed by atoms with Crippen LogP contribution in [-0.2, 0) is 4.74 Å². The molecule has 2 aromatic rings.